The van der Waals surface area contributed by atoms with Crippen LogP contribution in [0, 0.1) is 6.92 Å². The summed E-state index contributed by atoms with van der Waals surface area (Å²) in [6, 6.07) is 15.0. The number of aromatic nitrogens is 2. The molecular weight excluding hydrogens is 358 g/mol. The molecule has 146 valence electrons. The van der Waals surface area contributed by atoms with Gasteiger partial charge in [0.25, 0.3) is 5.91 Å². The second-order valence-corrected chi connectivity index (χ2v) is 6.26. The van der Waals surface area contributed by atoms with Crippen LogP contribution in [0.3, 0.4) is 0 Å². The van der Waals surface area contributed by atoms with Gasteiger partial charge in [-0.2, -0.15) is 4.98 Å². The highest BCUT2D eigenvalue weighted by Crippen LogP contribution is 2.27. The third kappa shape index (κ3) is 4.68. The van der Waals surface area contributed by atoms with E-state index in [9.17, 15) is 4.79 Å². The third-order valence-electron chi connectivity index (χ3n) is 4.16. The standard InChI is InChI=1S/C21H23N3O4/c1-4-16(27-18-11-6-5-10-17(18)26-3)21(25)22-13-19-23-20(24-28-19)15-9-7-8-14(2)12-15/h5-12,16H,4,13H2,1-3H3,(H,22,25)/t16-/m0/s1. The lowest BCUT2D eigenvalue weighted by molar-refractivity contribution is -0.128. The van der Waals surface area contributed by atoms with E-state index in [-0.39, 0.29) is 12.5 Å². The van der Waals surface area contributed by atoms with E-state index >= 15 is 0 Å². The van der Waals surface area contributed by atoms with Crippen molar-refractivity contribution in [3.8, 4) is 22.9 Å². The lowest BCUT2D eigenvalue weighted by atomic mass is 10.1. The maximum Gasteiger partial charge on any atom is 0.261 e. The number of carbonyl (C=O) groups excluding carboxylic acids is 1. The van der Waals surface area contributed by atoms with Gasteiger partial charge >= 0.3 is 0 Å². The molecule has 0 saturated heterocycles. The summed E-state index contributed by atoms with van der Waals surface area (Å²) >= 11 is 0. The minimum absolute atomic E-state index is 0.128. The molecule has 3 rings (SSSR count). The Hall–Kier alpha value is -3.35. The highest BCUT2D eigenvalue weighted by molar-refractivity contribution is 5.81. The number of ether oxygens (including phenoxy) is 2. The number of aryl methyl sites for hydroxylation is 1. The number of carbonyl (C=O) groups is 1. The van der Waals surface area contributed by atoms with Gasteiger partial charge in [0.1, 0.15) is 0 Å². The molecular formula is C21H23N3O4. The topological polar surface area (TPSA) is 86.5 Å². The van der Waals surface area contributed by atoms with E-state index in [0.29, 0.717) is 29.6 Å². The summed E-state index contributed by atoms with van der Waals surface area (Å²) in [4.78, 5) is 16.8. The second-order valence-electron chi connectivity index (χ2n) is 6.26. The lowest BCUT2D eigenvalue weighted by Crippen LogP contribution is -2.37. The first kappa shape index (κ1) is 19.4. The SMILES string of the molecule is CC[C@H](Oc1ccccc1OC)C(=O)NCc1nc(-c2cccc(C)c2)no1. The monoisotopic (exact) mass is 381 g/mol. The van der Waals surface area contributed by atoms with Gasteiger partial charge < -0.3 is 19.3 Å². The Labute approximate surface area is 163 Å². The second kappa shape index (κ2) is 9.03. The first-order chi connectivity index (χ1) is 13.6. The molecule has 0 radical (unpaired) electrons. The number of amides is 1. The van der Waals surface area contributed by atoms with Crippen molar-refractivity contribution in [1.29, 1.82) is 0 Å². The molecule has 0 bridgehead atoms. The zero-order chi connectivity index (χ0) is 19.9. The van der Waals surface area contributed by atoms with Crippen molar-refractivity contribution >= 4 is 5.91 Å². The van der Waals surface area contributed by atoms with Gasteiger partial charge in [-0.05, 0) is 31.5 Å². The molecule has 1 amide bonds. The molecule has 0 saturated carbocycles. The normalized spacial score (nSPS) is 11.7. The van der Waals surface area contributed by atoms with Gasteiger partial charge in [-0.3, -0.25) is 4.79 Å². The molecule has 1 heterocycles. The highest BCUT2D eigenvalue weighted by Gasteiger charge is 2.20. The Morgan fingerprint density at radius 3 is 2.68 bits per heavy atom. The molecule has 1 aromatic heterocycles. The van der Waals surface area contributed by atoms with E-state index in [4.69, 9.17) is 14.0 Å². The lowest BCUT2D eigenvalue weighted by Gasteiger charge is -2.18. The molecule has 7 heteroatoms. The van der Waals surface area contributed by atoms with Crippen LogP contribution < -0.4 is 14.8 Å². The highest BCUT2D eigenvalue weighted by atomic mass is 16.5. The van der Waals surface area contributed by atoms with Crippen LogP contribution >= 0.6 is 0 Å². The van der Waals surface area contributed by atoms with E-state index in [1.165, 1.54) is 0 Å². The van der Waals surface area contributed by atoms with Crippen molar-refractivity contribution in [3.05, 3.63) is 60.0 Å². The molecule has 2 aromatic carbocycles. The number of methoxy groups -OCH3 is 1. The fraction of sp³-hybridized carbons (Fsp3) is 0.286. The summed E-state index contributed by atoms with van der Waals surface area (Å²) in [5.41, 5.74) is 1.98. The number of nitrogens with zero attached hydrogens (tertiary/aromatic N) is 2. The van der Waals surface area contributed by atoms with Crippen molar-refractivity contribution in [2.24, 2.45) is 0 Å². The first-order valence-corrected chi connectivity index (χ1v) is 9.07. The Morgan fingerprint density at radius 1 is 1.18 bits per heavy atom. The van der Waals surface area contributed by atoms with E-state index in [1.54, 1.807) is 19.2 Å². The van der Waals surface area contributed by atoms with Gasteiger partial charge in [0, 0.05) is 5.56 Å². The summed E-state index contributed by atoms with van der Waals surface area (Å²) in [6.45, 7) is 4.00. The predicted molar refractivity (Wildman–Crippen MR) is 104 cm³/mol. The van der Waals surface area contributed by atoms with Crippen molar-refractivity contribution in [3.63, 3.8) is 0 Å². The molecule has 0 spiro atoms. The number of hydrogen-bond donors (Lipinski definition) is 1. The molecule has 1 N–H and O–H groups in total. The van der Waals surface area contributed by atoms with Crippen molar-refractivity contribution in [2.45, 2.75) is 32.9 Å². The van der Waals surface area contributed by atoms with Gasteiger partial charge in [-0.1, -0.05) is 48.0 Å². The summed E-state index contributed by atoms with van der Waals surface area (Å²) in [7, 11) is 1.56. The smallest absolute Gasteiger partial charge is 0.261 e. The fourth-order valence-corrected chi connectivity index (χ4v) is 2.70. The summed E-state index contributed by atoms with van der Waals surface area (Å²) < 4.78 is 16.3. The van der Waals surface area contributed by atoms with Crippen LogP contribution in [0.25, 0.3) is 11.4 Å². The van der Waals surface area contributed by atoms with Crippen LogP contribution in [0.2, 0.25) is 0 Å². The molecule has 0 fully saturated rings. The Morgan fingerprint density at radius 2 is 1.96 bits per heavy atom. The maximum atomic E-state index is 12.5. The molecule has 28 heavy (non-hydrogen) atoms. The van der Waals surface area contributed by atoms with E-state index in [0.717, 1.165) is 11.1 Å². The molecule has 7 nitrogen and oxygen atoms in total. The predicted octanol–water partition coefficient (Wildman–Crippen LogP) is 3.53. The van der Waals surface area contributed by atoms with Crippen LogP contribution in [0.1, 0.15) is 24.8 Å². The molecule has 0 aliphatic carbocycles. The molecule has 0 aliphatic rings. The Kier molecular flexibility index (Phi) is 6.26. The minimum atomic E-state index is -0.657. The Bertz CT molecular complexity index is 939. The number of para-hydroxylation sites is 2. The van der Waals surface area contributed by atoms with Crippen LogP contribution in [0.15, 0.2) is 53.1 Å². The average molecular weight is 381 g/mol. The van der Waals surface area contributed by atoms with Gasteiger partial charge in [-0.25, -0.2) is 0 Å². The molecule has 0 unspecified atom stereocenters. The maximum absolute atomic E-state index is 12.5. The number of nitrogens with one attached hydrogen (secondary N) is 1. The average Bonchev–Trinajstić information content (AvgIpc) is 3.19. The van der Waals surface area contributed by atoms with E-state index in [1.807, 2.05) is 50.2 Å². The van der Waals surface area contributed by atoms with Crippen molar-refractivity contribution < 1.29 is 18.8 Å². The third-order valence-corrected chi connectivity index (χ3v) is 4.16. The summed E-state index contributed by atoms with van der Waals surface area (Å²) in [6.07, 6.45) is -0.155. The van der Waals surface area contributed by atoms with Crippen LogP contribution in [0.4, 0.5) is 0 Å². The fourth-order valence-electron chi connectivity index (χ4n) is 2.70. The van der Waals surface area contributed by atoms with Crippen LogP contribution in [-0.4, -0.2) is 29.3 Å². The summed E-state index contributed by atoms with van der Waals surface area (Å²) in [5, 5.41) is 6.76. The number of benzene rings is 2. The van der Waals surface area contributed by atoms with E-state index < -0.39 is 6.10 Å². The van der Waals surface area contributed by atoms with E-state index in [2.05, 4.69) is 15.5 Å². The van der Waals surface area contributed by atoms with Crippen molar-refractivity contribution in [2.75, 3.05) is 7.11 Å². The first-order valence-electron chi connectivity index (χ1n) is 9.07. The minimum Gasteiger partial charge on any atom is -0.493 e. The van der Waals surface area contributed by atoms with Gasteiger partial charge in [0.15, 0.2) is 17.6 Å². The molecule has 3 aromatic rings. The van der Waals surface area contributed by atoms with Gasteiger partial charge in [0.05, 0.1) is 13.7 Å². The van der Waals surface area contributed by atoms with Crippen molar-refractivity contribution in [1.82, 2.24) is 15.5 Å². The largest absolute Gasteiger partial charge is 0.493 e. The van der Waals surface area contributed by atoms with Gasteiger partial charge in [-0.15, -0.1) is 0 Å². The summed E-state index contributed by atoms with van der Waals surface area (Å²) in [5.74, 6) is 1.66. The molecule has 0 aliphatic heterocycles. The number of rotatable bonds is 8. The van der Waals surface area contributed by atoms with Crippen LogP contribution in [0.5, 0.6) is 11.5 Å². The zero-order valence-corrected chi connectivity index (χ0v) is 16.1. The molecule has 1 atom stereocenters. The Balaban J connectivity index is 1.61. The quantitative estimate of drug-likeness (QED) is 0.642. The van der Waals surface area contributed by atoms with Gasteiger partial charge in [0.2, 0.25) is 11.7 Å². The zero-order valence-electron chi connectivity index (χ0n) is 16.1. The van der Waals surface area contributed by atoms with Crippen LogP contribution in [-0.2, 0) is 11.3 Å². The number of hydrogen-bond acceptors (Lipinski definition) is 6.